The van der Waals surface area contributed by atoms with E-state index in [2.05, 4.69) is 22.1 Å². The molecule has 3 aromatic rings. The first kappa shape index (κ1) is 10.7. The largest absolute Gasteiger partial charge is 0.398 e. The van der Waals surface area contributed by atoms with Crippen molar-refractivity contribution < 1.29 is 0 Å². The quantitative estimate of drug-likeness (QED) is 0.704. The van der Waals surface area contributed by atoms with Crippen LogP contribution in [-0.2, 0) is 0 Å². The number of aryl methyl sites for hydroxylation is 1. The molecule has 0 bridgehead atoms. The molecule has 3 rings (SSSR count). The summed E-state index contributed by atoms with van der Waals surface area (Å²) in [6, 6.07) is 12.0. The highest BCUT2D eigenvalue weighted by Gasteiger charge is 2.04. The van der Waals surface area contributed by atoms with Crippen LogP contribution in [0.2, 0.25) is 0 Å². The molecule has 0 aliphatic carbocycles. The highest BCUT2D eigenvalue weighted by atomic mass is 14.7. The van der Waals surface area contributed by atoms with Gasteiger partial charge in [-0.2, -0.15) is 0 Å². The van der Waals surface area contributed by atoms with Gasteiger partial charge in [0, 0.05) is 34.7 Å². The number of aromatic nitrogens is 2. The molecule has 18 heavy (non-hydrogen) atoms. The molecule has 0 spiro atoms. The van der Waals surface area contributed by atoms with Crippen LogP contribution in [0.5, 0.6) is 0 Å². The molecular weight excluding hydrogens is 222 g/mol. The van der Waals surface area contributed by atoms with E-state index in [1.54, 1.807) is 12.4 Å². The van der Waals surface area contributed by atoms with Crippen molar-refractivity contribution in [2.45, 2.75) is 6.92 Å². The maximum Gasteiger partial charge on any atom is 0.0705 e. The van der Waals surface area contributed by atoms with E-state index >= 15 is 0 Å². The van der Waals surface area contributed by atoms with Gasteiger partial charge in [0.15, 0.2) is 0 Å². The molecular formula is C15H13N3. The van der Waals surface area contributed by atoms with E-state index in [1.165, 1.54) is 0 Å². The Morgan fingerprint density at radius 2 is 1.94 bits per heavy atom. The van der Waals surface area contributed by atoms with Gasteiger partial charge in [0.2, 0.25) is 0 Å². The van der Waals surface area contributed by atoms with E-state index in [1.807, 2.05) is 31.2 Å². The van der Waals surface area contributed by atoms with Crippen LogP contribution in [0, 0.1) is 6.92 Å². The summed E-state index contributed by atoms with van der Waals surface area (Å²) in [6.45, 7) is 1.99. The summed E-state index contributed by atoms with van der Waals surface area (Å²) >= 11 is 0. The third kappa shape index (κ3) is 1.80. The van der Waals surface area contributed by atoms with Crippen molar-refractivity contribution in [3.8, 4) is 11.1 Å². The second kappa shape index (κ2) is 4.11. The molecule has 0 unspecified atom stereocenters. The second-order valence-electron chi connectivity index (χ2n) is 4.32. The average Bonchev–Trinajstić information content (AvgIpc) is 2.39. The van der Waals surface area contributed by atoms with Crippen molar-refractivity contribution in [1.29, 1.82) is 0 Å². The summed E-state index contributed by atoms with van der Waals surface area (Å²) in [5.41, 5.74) is 10.8. The van der Waals surface area contributed by atoms with Crippen LogP contribution in [0.3, 0.4) is 0 Å². The number of pyridine rings is 2. The molecule has 0 saturated heterocycles. The molecule has 1 aromatic carbocycles. The molecule has 3 nitrogen and oxygen atoms in total. The van der Waals surface area contributed by atoms with Crippen molar-refractivity contribution in [3.63, 3.8) is 0 Å². The number of anilines is 1. The maximum atomic E-state index is 5.97. The Hall–Kier alpha value is -2.42. The number of rotatable bonds is 1. The van der Waals surface area contributed by atoms with Crippen molar-refractivity contribution in [2.75, 3.05) is 5.73 Å². The standard InChI is InChI=1S/C15H13N3/c1-10-2-3-12-8-11(4-5-15(12)18-10)13-9-17-7-6-14(13)16/h2-9H,1H3,(H2,16,17). The van der Waals surface area contributed by atoms with Crippen LogP contribution < -0.4 is 5.73 Å². The molecule has 0 aliphatic rings. The summed E-state index contributed by atoms with van der Waals surface area (Å²) < 4.78 is 0. The lowest BCUT2D eigenvalue weighted by Gasteiger charge is -2.06. The van der Waals surface area contributed by atoms with Crippen molar-refractivity contribution in [1.82, 2.24) is 9.97 Å². The molecule has 88 valence electrons. The fourth-order valence-electron chi connectivity index (χ4n) is 2.04. The normalized spacial score (nSPS) is 10.7. The summed E-state index contributed by atoms with van der Waals surface area (Å²) in [5.74, 6) is 0. The molecule has 0 amide bonds. The first-order chi connectivity index (χ1) is 8.74. The minimum absolute atomic E-state index is 0.740. The van der Waals surface area contributed by atoms with E-state index in [0.29, 0.717) is 0 Å². The second-order valence-corrected chi connectivity index (χ2v) is 4.32. The zero-order valence-electron chi connectivity index (χ0n) is 10.1. The third-order valence-electron chi connectivity index (χ3n) is 2.99. The Morgan fingerprint density at radius 3 is 2.78 bits per heavy atom. The number of nitrogens with two attached hydrogens (primary N) is 1. The van der Waals surface area contributed by atoms with E-state index in [4.69, 9.17) is 5.73 Å². The molecule has 0 radical (unpaired) electrons. The summed E-state index contributed by atoms with van der Waals surface area (Å²) in [4.78, 5) is 8.61. The molecule has 3 heteroatoms. The number of hydrogen-bond acceptors (Lipinski definition) is 3. The van der Waals surface area contributed by atoms with Gasteiger partial charge in [-0.05, 0) is 36.8 Å². The maximum absolute atomic E-state index is 5.97. The molecule has 2 aromatic heterocycles. The van der Waals surface area contributed by atoms with E-state index < -0.39 is 0 Å². The van der Waals surface area contributed by atoms with Crippen LogP contribution >= 0.6 is 0 Å². The third-order valence-corrected chi connectivity index (χ3v) is 2.99. The molecule has 2 N–H and O–H groups in total. The van der Waals surface area contributed by atoms with Crippen LogP contribution in [0.1, 0.15) is 5.69 Å². The summed E-state index contributed by atoms with van der Waals surface area (Å²) in [5, 5.41) is 1.11. The predicted molar refractivity (Wildman–Crippen MR) is 74.1 cm³/mol. The zero-order chi connectivity index (χ0) is 12.5. The van der Waals surface area contributed by atoms with Gasteiger partial charge in [0.1, 0.15) is 0 Å². The minimum atomic E-state index is 0.740. The number of hydrogen-bond donors (Lipinski definition) is 1. The molecule has 0 atom stereocenters. The molecule has 0 aliphatic heterocycles. The fraction of sp³-hybridized carbons (Fsp3) is 0.0667. The lowest BCUT2D eigenvalue weighted by atomic mass is 10.0. The number of benzene rings is 1. The van der Waals surface area contributed by atoms with Gasteiger partial charge in [0.25, 0.3) is 0 Å². The lowest BCUT2D eigenvalue weighted by molar-refractivity contribution is 1.26. The van der Waals surface area contributed by atoms with Gasteiger partial charge in [-0.3, -0.25) is 9.97 Å². The van der Waals surface area contributed by atoms with Crippen molar-refractivity contribution in [2.24, 2.45) is 0 Å². The van der Waals surface area contributed by atoms with Crippen LogP contribution in [0.4, 0.5) is 5.69 Å². The lowest BCUT2D eigenvalue weighted by Crippen LogP contribution is -1.91. The Bertz CT molecular complexity index is 720. The Kier molecular flexibility index (Phi) is 2.45. The molecule has 2 heterocycles. The fourth-order valence-corrected chi connectivity index (χ4v) is 2.04. The van der Waals surface area contributed by atoms with E-state index in [9.17, 15) is 0 Å². The Balaban J connectivity index is 2.20. The monoisotopic (exact) mass is 235 g/mol. The van der Waals surface area contributed by atoms with E-state index in [-0.39, 0.29) is 0 Å². The van der Waals surface area contributed by atoms with Crippen LogP contribution in [0.25, 0.3) is 22.0 Å². The Morgan fingerprint density at radius 1 is 1.06 bits per heavy atom. The smallest absolute Gasteiger partial charge is 0.0705 e. The van der Waals surface area contributed by atoms with Crippen LogP contribution in [0.15, 0.2) is 48.8 Å². The van der Waals surface area contributed by atoms with Crippen molar-refractivity contribution in [3.05, 3.63) is 54.5 Å². The summed E-state index contributed by atoms with van der Waals surface area (Å²) in [6.07, 6.45) is 3.49. The predicted octanol–water partition coefficient (Wildman–Crippen LogP) is 3.19. The zero-order valence-corrected chi connectivity index (χ0v) is 10.1. The summed E-state index contributed by atoms with van der Waals surface area (Å²) in [7, 11) is 0. The number of nitrogens with zero attached hydrogens (tertiary/aromatic N) is 2. The highest BCUT2D eigenvalue weighted by molar-refractivity contribution is 5.87. The van der Waals surface area contributed by atoms with Crippen molar-refractivity contribution >= 4 is 16.6 Å². The SMILES string of the molecule is Cc1ccc2cc(-c3cnccc3N)ccc2n1. The van der Waals surface area contributed by atoms with E-state index in [0.717, 1.165) is 33.4 Å². The van der Waals surface area contributed by atoms with Gasteiger partial charge in [-0.15, -0.1) is 0 Å². The first-order valence-electron chi connectivity index (χ1n) is 5.81. The first-order valence-corrected chi connectivity index (χ1v) is 5.81. The average molecular weight is 235 g/mol. The van der Waals surface area contributed by atoms with Gasteiger partial charge >= 0.3 is 0 Å². The van der Waals surface area contributed by atoms with Gasteiger partial charge in [-0.25, -0.2) is 0 Å². The molecule has 0 saturated carbocycles. The van der Waals surface area contributed by atoms with Crippen LogP contribution in [-0.4, -0.2) is 9.97 Å². The number of nitrogen functional groups attached to an aromatic ring is 1. The number of fused-ring (bicyclic) bond motifs is 1. The highest BCUT2D eigenvalue weighted by Crippen LogP contribution is 2.27. The topological polar surface area (TPSA) is 51.8 Å². The Labute approximate surface area is 105 Å². The minimum Gasteiger partial charge on any atom is -0.398 e. The van der Waals surface area contributed by atoms with Gasteiger partial charge < -0.3 is 5.73 Å². The molecule has 0 fully saturated rings. The van der Waals surface area contributed by atoms with Gasteiger partial charge in [-0.1, -0.05) is 12.1 Å². The van der Waals surface area contributed by atoms with Gasteiger partial charge in [0.05, 0.1) is 5.52 Å².